The Morgan fingerprint density at radius 3 is 2.85 bits per heavy atom. The van der Waals surface area contributed by atoms with Gasteiger partial charge >= 0.3 is 0 Å². The summed E-state index contributed by atoms with van der Waals surface area (Å²) in [4.78, 5) is 22.4. The van der Waals surface area contributed by atoms with Gasteiger partial charge in [-0.2, -0.15) is 0 Å². The van der Waals surface area contributed by atoms with Crippen LogP contribution in [0.2, 0.25) is 0 Å². The Balaban J connectivity index is 2.09. The summed E-state index contributed by atoms with van der Waals surface area (Å²) >= 11 is 3.25. The van der Waals surface area contributed by atoms with Crippen LogP contribution < -0.4 is 5.32 Å². The molecule has 108 valence electrons. The standard InChI is InChI=1S/C13H15BrN2O4/c1-20-10-4-2-8(6-10)15-13(17)11-7-9(16(18)19)3-5-12(11)14/h3,5,7-8,10H,2,4,6H2,1H3,(H,15,17). The van der Waals surface area contributed by atoms with Gasteiger partial charge in [-0.15, -0.1) is 0 Å². The van der Waals surface area contributed by atoms with E-state index in [4.69, 9.17) is 4.74 Å². The summed E-state index contributed by atoms with van der Waals surface area (Å²) in [7, 11) is 1.66. The lowest BCUT2D eigenvalue weighted by Gasteiger charge is -2.13. The third-order valence-corrected chi connectivity index (χ3v) is 4.15. The minimum Gasteiger partial charge on any atom is -0.381 e. The number of ether oxygens (including phenoxy) is 1. The van der Waals surface area contributed by atoms with Gasteiger partial charge in [-0.3, -0.25) is 14.9 Å². The molecule has 1 N–H and O–H groups in total. The Morgan fingerprint density at radius 1 is 1.50 bits per heavy atom. The molecular weight excluding hydrogens is 328 g/mol. The number of hydrogen-bond donors (Lipinski definition) is 1. The maximum atomic E-state index is 12.2. The number of carbonyl (C=O) groups excluding carboxylic acids is 1. The van der Waals surface area contributed by atoms with Gasteiger partial charge in [0.05, 0.1) is 16.6 Å². The third-order valence-electron chi connectivity index (χ3n) is 3.46. The van der Waals surface area contributed by atoms with Crippen LogP contribution in [-0.4, -0.2) is 30.1 Å². The van der Waals surface area contributed by atoms with Crippen LogP contribution in [0.1, 0.15) is 29.6 Å². The molecule has 1 saturated carbocycles. The van der Waals surface area contributed by atoms with Crippen molar-refractivity contribution >= 4 is 27.5 Å². The summed E-state index contributed by atoms with van der Waals surface area (Å²) in [5, 5.41) is 13.7. The van der Waals surface area contributed by atoms with Crippen LogP contribution in [0.15, 0.2) is 22.7 Å². The number of hydrogen-bond acceptors (Lipinski definition) is 4. The van der Waals surface area contributed by atoms with Crippen molar-refractivity contribution in [1.29, 1.82) is 0 Å². The highest BCUT2D eigenvalue weighted by Crippen LogP contribution is 2.25. The molecule has 1 fully saturated rings. The average Bonchev–Trinajstić information content (AvgIpc) is 2.86. The van der Waals surface area contributed by atoms with Gasteiger partial charge in [-0.25, -0.2) is 0 Å². The van der Waals surface area contributed by atoms with E-state index in [2.05, 4.69) is 21.2 Å². The first-order valence-corrected chi connectivity index (χ1v) is 7.08. The summed E-state index contributed by atoms with van der Waals surface area (Å²) < 4.78 is 5.80. The van der Waals surface area contributed by atoms with Crippen LogP contribution in [0.4, 0.5) is 5.69 Å². The number of carbonyl (C=O) groups is 1. The maximum absolute atomic E-state index is 12.2. The summed E-state index contributed by atoms with van der Waals surface area (Å²) in [5.74, 6) is -0.303. The Hall–Kier alpha value is -1.47. The van der Waals surface area contributed by atoms with Gasteiger partial charge in [0.2, 0.25) is 0 Å². The third kappa shape index (κ3) is 3.34. The highest BCUT2D eigenvalue weighted by molar-refractivity contribution is 9.10. The number of nitro groups is 1. The molecular formula is C13H15BrN2O4. The SMILES string of the molecule is COC1CCC(NC(=O)c2cc([N+](=O)[O-])ccc2Br)C1. The van der Waals surface area contributed by atoms with E-state index >= 15 is 0 Å². The first-order valence-electron chi connectivity index (χ1n) is 6.29. The number of nitrogens with zero attached hydrogens (tertiary/aromatic N) is 1. The van der Waals surface area contributed by atoms with E-state index in [0.717, 1.165) is 19.3 Å². The Bertz CT molecular complexity index is 535. The molecule has 0 aliphatic heterocycles. The molecule has 2 unspecified atom stereocenters. The monoisotopic (exact) mass is 342 g/mol. The van der Waals surface area contributed by atoms with Crippen LogP contribution in [0.25, 0.3) is 0 Å². The molecule has 0 aromatic heterocycles. The molecule has 0 bridgehead atoms. The molecule has 0 heterocycles. The van der Waals surface area contributed by atoms with Crippen molar-refractivity contribution in [3.8, 4) is 0 Å². The Morgan fingerprint density at radius 2 is 2.25 bits per heavy atom. The van der Waals surface area contributed by atoms with Gasteiger partial charge in [0.1, 0.15) is 0 Å². The highest BCUT2D eigenvalue weighted by Gasteiger charge is 2.26. The number of halogens is 1. The lowest BCUT2D eigenvalue weighted by molar-refractivity contribution is -0.384. The number of amides is 1. The Labute approximate surface area is 124 Å². The second kappa shape index (κ2) is 6.32. The molecule has 2 atom stereocenters. The molecule has 0 radical (unpaired) electrons. The zero-order chi connectivity index (χ0) is 14.7. The van der Waals surface area contributed by atoms with Crippen LogP contribution >= 0.6 is 15.9 Å². The number of methoxy groups -OCH3 is 1. The number of nitrogens with one attached hydrogen (secondary N) is 1. The van der Waals surface area contributed by atoms with Crippen molar-refractivity contribution in [1.82, 2.24) is 5.32 Å². The van der Waals surface area contributed by atoms with Crippen LogP contribution in [0.3, 0.4) is 0 Å². The van der Waals surface area contributed by atoms with Gasteiger partial charge in [0.15, 0.2) is 0 Å². The van der Waals surface area contributed by atoms with Crippen LogP contribution in [0.5, 0.6) is 0 Å². The molecule has 6 nitrogen and oxygen atoms in total. The van der Waals surface area contributed by atoms with Crippen molar-refractivity contribution in [2.45, 2.75) is 31.4 Å². The fourth-order valence-corrected chi connectivity index (χ4v) is 2.78. The Kier molecular flexibility index (Phi) is 4.72. The van der Waals surface area contributed by atoms with Crippen LogP contribution in [-0.2, 0) is 4.74 Å². The smallest absolute Gasteiger partial charge is 0.270 e. The normalized spacial score (nSPS) is 21.7. The molecule has 1 aliphatic rings. The van der Waals surface area contributed by atoms with Gasteiger partial charge in [0, 0.05) is 29.8 Å². The minimum atomic E-state index is -0.514. The van der Waals surface area contributed by atoms with Crippen molar-refractivity contribution in [3.63, 3.8) is 0 Å². The van der Waals surface area contributed by atoms with Crippen molar-refractivity contribution in [3.05, 3.63) is 38.3 Å². The van der Waals surface area contributed by atoms with Crippen LogP contribution in [0, 0.1) is 10.1 Å². The molecule has 2 rings (SSSR count). The average molecular weight is 343 g/mol. The molecule has 1 aromatic rings. The lowest BCUT2D eigenvalue weighted by atomic mass is 10.1. The molecule has 7 heteroatoms. The van der Waals surface area contributed by atoms with Crippen molar-refractivity contribution < 1.29 is 14.5 Å². The molecule has 1 aliphatic carbocycles. The number of non-ortho nitro benzene ring substituents is 1. The number of rotatable bonds is 4. The predicted molar refractivity (Wildman–Crippen MR) is 76.7 cm³/mol. The van der Waals surface area contributed by atoms with E-state index in [1.54, 1.807) is 7.11 Å². The van der Waals surface area contributed by atoms with Crippen molar-refractivity contribution in [2.75, 3.05) is 7.11 Å². The topological polar surface area (TPSA) is 81.5 Å². The molecule has 1 amide bonds. The fraction of sp³-hybridized carbons (Fsp3) is 0.462. The van der Waals surface area contributed by atoms with E-state index in [-0.39, 0.29) is 29.3 Å². The van der Waals surface area contributed by atoms with E-state index in [0.29, 0.717) is 4.47 Å². The molecule has 1 aromatic carbocycles. The zero-order valence-corrected chi connectivity index (χ0v) is 12.6. The lowest BCUT2D eigenvalue weighted by Crippen LogP contribution is -2.33. The van der Waals surface area contributed by atoms with E-state index in [9.17, 15) is 14.9 Å². The summed E-state index contributed by atoms with van der Waals surface area (Å²) in [6, 6.07) is 4.21. The fourth-order valence-electron chi connectivity index (χ4n) is 2.35. The van der Waals surface area contributed by atoms with Gasteiger partial charge < -0.3 is 10.1 Å². The minimum absolute atomic E-state index is 0.0543. The van der Waals surface area contributed by atoms with E-state index in [1.165, 1.54) is 18.2 Å². The van der Waals surface area contributed by atoms with Gasteiger partial charge in [-0.05, 0) is 41.3 Å². The second-order valence-electron chi connectivity index (χ2n) is 4.76. The predicted octanol–water partition coefficient (Wildman–Crippen LogP) is 2.65. The molecule has 20 heavy (non-hydrogen) atoms. The first-order chi connectivity index (χ1) is 9.51. The van der Waals surface area contributed by atoms with Gasteiger partial charge in [0.25, 0.3) is 11.6 Å². The van der Waals surface area contributed by atoms with Crippen molar-refractivity contribution in [2.24, 2.45) is 0 Å². The summed E-state index contributed by atoms with van der Waals surface area (Å²) in [6.07, 6.45) is 2.72. The first kappa shape index (κ1) is 14.9. The zero-order valence-electron chi connectivity index (χ0n) is 11.0. The largest absolute Gasteiger partial charge is 0.381 e. The second-order valence-corrected chi connectivity index (χ2v) is 5.62. The van der Waals surface area contributed by atoms with Gasteiger partial charge in [-0.1, -0.05) is 0 Å². The number of benzene rings is 1. The van der Waals surface area contributed by atoms with E-state index < -0.39 is 4.92 Å². The summed E-state index contributed by atoms with van der Waals surface area (Å²) in [6.45, 7) is 0. The quantitative estimate of drug-likeness (QED) is 0.673. The highest BCUT2D eigenvalue weighted by atomic mass is 79.9. The molecule has 0 saturated heterocycles. The maximum Gasteiger partial charge on any atom is 0.270 e. The summed E-state index contributed by atoms with van der Waals surface area (Å²) in [5.41, 5.74) is 0.180. The number of nitro benzene ring substituents is 1. The van der Waals surface area contributed by atoms with E-state index in [1.807, 2.05) is 0 Å². The molecule has 0 spiro atoms.